The van der Waals surface area contributed by atoms with Crippen molar-refractivity contribution in [2.75, 3.05) is 17.7 Å². The molecular formula is C22H23F5N2O3. The summed E-state index contributed by atoms with van der Waals surface area (Å²) < 4.78 is 66.4. The number of alkyl halides is 3. The molecule has 5 nitrogen and oxygen atoms in total. The van der Waals surface area contributed by atoms with E-state index in [4.69, 9.17) is 9.90 Å². The second-order valence-electron chi connectivity index (χ2n) is 7.33. The summed E-state index contributed by atoms with van der Waals surface area (Å²) >= 11 is 0. The molecule has 0 heterocycles. The fourth-order valence-corrected chi connectivity index (χ4v) is 3.75. The van der Waals surface area contributed by atoms with Crippen molar-refractivity contribution in [1.82, 2.24) is 0 Å². The zero-order valence-corrected chi connectivity index (χ0v) is 17.2. The van der Waals surface area contributed by atoms with Crippen molar-refractivity contribution in [2.45, 2.75) is 37.8 Å². The Morgan fingerprint density at radius 3 is 2.34 bits per heavy atom. The summed E-state index contributed by atoms with van der Waals surface area (Å²) in [6.07, 6.45) is -2.28. The summed E-state index contributed by atoms with van der Waals surface area (Å²) in [5.41, 5.74) is -0.239. The van der Waals surface area contributed by atoms with Gasteiger partial charge in [0, 0.05) is 18.7 Å². The van der Waals surface area contributed by atoms with Gasteiger partial charge >= 0.3 is 6.18 Å². The van der Waals surface area contributed by atoms with Gasteiger partial charge in [0.15, 0.2) is 0 Å². The highest BCUT2D eigenvalue weighted by atomic mass is 19.4. The Morgan fingerprint density at radius 1 is 1.09 bits per heavy atom. The molecule has 0 bridgehead atoms. The molecule has 1 fully saturated rings. The van der Waals surface area contributed by atoms with Gasteiger partial charge in [0.2, 0.25) is 5.91 Å². The first kappa shape index (κ1) is 25.1. The van der Waals surface area contributed by atoms with Gasteiger partial charge < -0.3 is 15.7 Å². The van der Waals surface area contributed by atoms with Crippen molar-refractivity contribution in [2.24, 2.45) is 5.92 Å². The smallest absolute Gasteiger partial charge is 0.416 e. The predicted octanol–water partition coefficient (Wildman–Crippen LogP) is 5.64. The topological polar surface area (TPSA) is 78.4 Å². The molecule has 10 heteroatoms. The molecule has 2 aromatic carbocycles. The Morgan fingerprint density at radius 2 is 1.78 bits per heavy atom. The summed E-state index contributed by atoms with van der Waals surface area (Å²) in [5.74, 6) is -2.59. The van der Waals surface area contributed by atoms with Crippen LogP contribution >= 0.6 is 0 Å². The number of anilines is 2. The van der Waals surface area contributed by atoms with Crippen LogP contribution in [0.4, 0.5) is 33.3 Å². The van der Waals surface area contributed by atoms with Crippen molar-refractivity contribution >= 4 is 23.8 Å². The van der Waals surface area contributed by atoms with Gasteiger partial charge in [-0.15, -0.1) is 0 Å². The van der Waals surface area contributed by atoms with Crippen LogP contribution < -0.4 is 10.6 Å². The molecule has 32 heavy (non-hydrogen) atoms. The number of rotatable bonds is 4. The van der Waals surface area contributed by atoms with Gasteiger partial charge in [-0.3, -0.25) is 9.59 Å². The lowest BCUT2D eigenvalue weighted by Crippen LogP contribution is -2.28. The van der Waals surface area contributed by atoms with Crippen LogP contribution in [0.2, 0.25) is 0 Å². The Kier molecular flexibility index (Phi) is 8.56. The first-order chi connectivity index (χ1) is 15.1. The zero-order valence-electron chi connectivity index (χ0n) is 17.2. The number of nitrogens with one attached hydrogen (secondary N) is 2. The lowest BCUT2D eigenvalue weighted by Gasteiger charge is -2.29. The molecule has 0 aliphatic heterocycles. The van der Waals surface area contributed by atoms with Crippen LogP contribution in [0.5, 0.6) is 0 Å². The first-order valence-corrected chi connectivity index (χ1v) is 9.83. The molecule has 0 aromatic heterocycles. The van der Waals surface area contributed by atoms with Gasteiger partial charge in [-0.2, -0.15) is 13.2 Å². The maximum Gasteiger partial charge on any atom is 0.416 e. The predicted molar refractivity (Wildman–Crippen MR) is 109 cm³/mol. The van der Waals surface area contributed by atoms with Crippen LogP contribution in [0.1, 0.15) is 42.7 Å². The van der Waals surface area contributed by atoms with Gasteiger partial charge in [-0.1, -0.05) is 12.5 Å². The molecule has 3 rings (SSSR count). The van der Waals surface area contributed by atoms with Gasteiger partial charge in [-0.25, -0.2) is 8.78 Å². The van der Waals surface area contributed by atoms with E-state index < -0.39 is 29.4 Å². The number of carbonyl (C=O) groups is 2. The quantitative estimate of drug-likeness (QED) is 0.409. The van der Waals surface area contributed by atoms with Crippen LogP contribution in [0, 0.1) is 17.6 Å². The van der Waals surface area contributed by atoms with E-state index in [0.717, 1.165) is 18.6 Å². The SMILES string of the molecule is CNc1ccc(C2CCCC(C(=O)Nc3ccc(C(F)(F)F)cc3F)C2)c(F)c1.O=CO. The highest BCUT2D eigenvalue weighted by Gasteiger charge is 2.32. The van der Waals surface area contributed by atoms with Gasteiger partial charge in [0.25, 0.3) is 6.47 Å². The van der Waals surface area contributed by atoms with Crippen LogP contribution in [0.25, 0.3) is 0 Å². The van der Waals surface area contributed by atoms with Crippen LogP contribution in [0.15, 0.2) is 36.4 Å². The molecule has 3 N–H and O–H groups in total. The van der Waals surface area contributed by atoms with Crippen LogP contribution in [-0.2, 0) is 15.8 Å². The summed E-state index contributed by atoms with van der Waals surface area (Å²) in [6.45, 7) is -0.250. The summed E-state index contributed by atoms with van der Waals surface area (Å²) in [6, 6.07) is 6.85. The number of hydrogen-bond acceptors (Lipinski definition) is 3. The molecule has 2 aromatic rings. The minimum Gasteiger partial charge on any atom is -0.483 e. The molecule has 0 radical (unpaired) electrons. The van der Waals surface area contributed by atoms with Crippen molar-refractivity contribution in [1.29, 1.82) is 0 Å². The average Bonchev–Trinajstić information content (AvgIpc) is 2.75. The van der Waals surface area contributed by atoms with E-state index in [1.807, 2.05) is 0 Å². The molecule has 1 amide bonds. The van der Waals surface area contributed by atoms with Crippen molar-refractivity contribution in [3.63, 3.8) is 0 Å². The van der Waals surface area contributed by atoms with Gasteiger partial charge in [0.1, 0.15) is 11.6 Å². The maximum absolute atomic E-state index is 14.4. The summed E-state index contributed by atoms with van der Waals surface area (Å²) in [5, 5.41) is 12.1. The van der Waals surface area contributed by atoms with E-state index in [0.29, 0.717) is 36.6 Å². The summed E-state index contributed by atoms with van der Waals surface area (Å²) in [4.78, 5) is 20.9. The number of carbonyl (C=O) groups excluding carboxylic acids is 1. The Hall–Kier alpha value is -3.17. The molecule has 1 aliphatic carbocycles. The van der Waals surface area contributed by atoms with E-state index >= 15 is 0 Å². The number of hydrogen-bond donors (Lipinski definition) is 3. The van der Waals surface area contributed by atoms with Gasteiger partial charge in [-0.05, 0) is 61.1 Å². The molecular weight excluding hydrogens is 435 g/mol. The van der Waals surface area contributed by atoms with Crippen molar-refractivity contribution in [3.05, 3.63) is 59.2 Å². The van der Waals surface area contributed by atoms with E-state index in [1.165, 1.54) is 6.07 Å². The number of amides is 1. The van der Waals surface area contributed by atoms with E-state index in [-0.39, 0.29) is 23.9 Å². The second kappa shape index (κ2) is 10.9. The molecule has 1 aliphatic rings. The normalized spacial score (nSPS) is 18.2. The molecule has 0 saturated heterocycles. The summed E-state index contributed by atoms with van der Waals surface area (Å²) in [7, 11) is 1.69. The molecule has 174 valence electrons. The lowest BCUT2D eigenvalue weighted by molar-refractivity contribution is -0.137. The van der Waals surface area contributed by atoms with E-state index in [1.54, 1.807) is 19.2 Å². The maximum atomic E-state index is 14.4. The first-order valence-electron chi connectivity index (χ1n) is 9.83. The number of benzene rings is 2. The number of carboxylic acid groups (broad SMARTS) is 1. The minimum atomic E-state index is -4.66. The molecule has 0 spiro atoms. The molecule has 2 atom stereocenters. The highest BCUT2D eigenvalue weighted by molar-refractivity contribution is 5.92. The average molecular weight is 458 g/mol. The highest BCUT2D eigenvalue weighted by Crippen LogP contribution is 2.38. The third-order valence-electron chi connectivity index (χ3n) is 5.33. The van der Waals surface area contributed by atoms with Crippen LogP contribution in [0.3, 0.4) is 0 Å². The van der Waals surface area contributed by atoms with Gasteiger partial charge in [0.05, 0.1) is 11.3 Å². The largest absolute Gasteiger partial charge is 0.483 e. The second-order valence-corrected chi connectivity index (χ2v) is 7.33. The monoisotopic (exact) mass is 458 g/mol. The Balaban J connectivity index is 0.00000114. The van der Waals surface area contributed by atoms with E-state index in [2.05, 4.69) is 10.6 Å². The van der Waals surface area contributed by atoms with Crippen LogP contribution in [-0.4, -0.2) is 24.5 Å². The van der Waals surface area contributed by atoms with Crippen molar-refractivity contribution in [3.8, 4) is 0 Å². The standard InChI is InChI=1S/C21H21F5N2O.CH2O2/c1-27-15-6-7-16(17(22)11-15)12-3-2-4-13(9-12)20(29)28-19-8-5-14(10-18(19)23)21(24,25)26;2-1-3/h5-8,10-13,27H,2-4,9H2,1H3,(H,28,29);1H,(H,2,3). The van der Waals surface area contributed by atoms with Crippen molar-refractivity contribution < 1.29 is 36.6 Å². The fourth-order valence-electron chi connectivity index (χ4n) is 3.75. The Bertz CT molecular complexity index is 950. The number of halogens is 5. The molecule has 2 unspecified atom stereocenters. The third kappa shape index (κ3) is 6.41. The third-order valence-corrected chi connectivity index (χ3v) is 5.33. The molecule has 1 saturated carbocycles. The zero-order chi connectivity index (χ0) is 23.9. The Labute approximate surface area is 181 Å². The fraction of sp³-hybridized carbons (Fsp3) is 0.364. The minimum absolute atomic E-state index is 0.150. The van der Waals surface area contributed by atoms with E-state index in [9.17, 15) is 26.7 Å². The lowest BCUT2D eigenvalue weighted by atomic mass is 9.77.